The molecular weight excluding hydrogens is 574 g/mol. The second-order valence-corrected chi connectivity index (χ2v) is 12.5. The summed E-state index contributed by atoms with van der Waals surface area (Å²) in [6.07, 6.45) is 29.6. The van der Waals surface area contributed by atoms with E-state index in [0.29, 0.717) is 12.2 Å². The first-order chi connectivity index (χ1) is 20.1. The van der Waals surface area contributed by atoms with Crippen molar-refractivity contribution in [2.45, 2.75) is 142 Å². The maximum atomic E-state index is 11.9. The standard InChI is InChI=1S/C34H59O6P.K/c1-2-3-4-5-6-7-8-9-10-11-12-13-17-20-23-30-39-41(36,37)40-31-24-21-18-15-14-16-19-22-29-38-34-27-25-33(32-35)26-28-34;/h9-10,25-28,32H,2-8,11-24,29-31H2,1H3,(H,36,37);/q;+1/p-1/b10-9+;. The first-order valence-electron chi connectivity index (χ1n) is 16.5. The van der Waals surface area contributed by atoms with E-state index in [-0.39, 0.29) is 64.6 Å². The molecule has 1 atom stereocenters. The van der Waals surface area contributed by atoms with Crippen LogP contribution in [0.5, 0.6) is 5.75 Å². The van der Waals surface area contributed by atoms with Crippen LogP contribution in [-0.2, 0) is 13.6 Å². The van der Waals surface area contributed by atoms with E-state index < -0.39 is 7.82 Å². The zero-order chi connectivity index (χ0) is 29.7. The number of allylic oxidation sites excluding steroid dienone is 2. The molecule has 6 nitrogen and oxygen atoms in total. The van der Waals surface area contributed by atoms with Gasteiger partial charge in [0.1, 0.15) is 12.0 Å². The molecule has 0 bridgehead atoms. The van der Waals surface area contributed by atoms with Crippen LogP contribution >= 0.6 is 7.82 Å². The molecule has 0 spiro atoms. The van der Waals surface area contributed by atoms with E-state index in [0.717, 1.165) is 76.2 Å². The van der Waals surface area contributed by atoms with Crippen molar-refractivity contribution in [1.29, 1.82) is 0 Å². The Kier molecular flexibility index (Phi) is 31.3. The summed E-state index contributed by atoms with van der Waals surface area (Å²) in [4.78, 5) is 22.6. The maximum absolute atomic E-state index is 11.9. The number of carbonyl (C=O) groups is 1. The molecule has 1 aromatic carbocycles. The monoisotopic (exact) mass is 632 g/mol. The Hall–Kier alpha value is 0.176. The minimum absolute atomic E-state index is 0. The molecule has 0 aliphatic rings. The molecule has 0 amide bonds. The quantitative estimate of drug-likeness (QED) is 0.0294. The Bertz CT molecular complexity index is 802. The van der Waals surface area contributed by atoms with Gasteiger partial charge in [-0.1, -0.05) is 109 Å². The fourth-order valence-electron chi connectivity index (χ4n) is 4.66. The Morgan fingerprint density at radius 2 is 1.02 bits per heavy atom. The van der Waals surface area contributed by atoms with Crippen molar-refractivity contribution in [2.75, 3.05) is 19.8 Å². The first kappa shape index (κ1) is 42.2. The third-order valence-electron chi connectivity index (χ3n) is 7.23. The van der Waals surface area contributed by atoms with Crippen LogP contribution < -0.4 is 61.0 Å². The summed E-state index contributed by atoms with van der Waals surface area (Å²) in [7, 11) is -4.17. The Morgan fingerprint density at radius 1 is 0.619 bits per heavy atom. The SMILES string of the molecule is CCCCCCCC/C=C/CCCCCCCOP(=O)([O-])OCCCCCCCCCCOc1ccc(C=O)cc1.[K+]. The number of aldehydes is 1. The number of phosphoric acid groups is 1. The van der Waals surface area contributed by atoms with E-state index in [1.165, 1.54) is 70.6 Å². The van der Waals surface area contributed by atoms with Gasteiger partial charge >= 0.3 is 51.4 Å². The van der Waals surface area contributed by atoms with Gasteiger partial charge in [0.25, 0.3) is 7.82 Å². The average molecular weight is 633 g/mol. The summed E-state index contributed by atoms with van der Waals surface area (Å²) in [6.45, 7) is 3.37. The zero-order valence-corrected chi connectivity index (χ0v) is 30.9. The molecule has 0 saturated heterocycles. The molecule has 236 valence electrons. The van der Waals surface area contributed by atoms with Crippen LogP contribution in [0.25, 0.3) is 0 Å². The van der Waals surface area contributed by atoms with E-state index in [1.54, 1.807) is 12.1 Å². The van der Waals surface area contributed by atoms with Crippen molar-refractivity contribution in [1.82, 2.24) is 0 Å². The number of hydrogen-bond donors (Lipinski definition) is 0. The number of ether oxygens (including phenoxy) is 1. The predicted octanol–water partition coefficient (Wildman–Crippen LogP) is 7.15. The van der Waals surface area contributed by atoms with E-state index in [9.17, 15) is 14.3 Å². The van der Waals surface area contributed by atoms with Crippen molar-refractivity contribution in [3.8, 4) is 5.75 Å². The molecule has 0 aliphatic heterocycles. The van der Waals surface area contributed by atoms with Crippen LogP contribution in [0.1, 0.15) is 152 Å². The van der Waals surface area contributed by atoms with Gasteiger partial charge in [0.2, 0.25) is 0 Å². The maximum Gasteiger partial charge on any atom is 1.00 e. The van der Waals surface area contributed by atoms with Gasteiger partial charge in [-0.15, -0.1) is 0 Å². The van der Waals surface area contributed by atoms with Gasteiger partial charge in [0.05, 0.1) is 19.8 Å². The summed E-state index contributed by atoms with van der Waals surface area (Å²) >= 11 is 0. The predicted molar refractivity (Wildman–Crippen MR) is 169 cm³/mol. The number of carbonyl (C=O) groups excluding carboxylic acids is 1. The second kappa shape index (κ2) is 31.2. The Balaban J connectivity index is 0.0000168. The molecule has 0 saturated carbocycles. The molecule has 1 rings (SSSR count). The smallest absolute Gasteiger partial charge is 0.756 e. The van der Waals surface area contributed by atoms with Crippen LogP contribution in [0.4, 0.5) is 0 Å². The summed E-state index contributed by atoms with van der Waals surface area (Å²) in [5.74, 6) is 0.800. The Labute approximate surface area is 300 Å². The molecule has 0 fully saturated rings. The number of benzene rings is 1. The van der Waals surface area contributed by atoms with Gasteiger partial charge in [-0.05, 0) is 69.2 Å². The number of unbranched alkanes of at least 4 members (excludes halogenated alkanes) is 18. The number of phosphoric ester groups is 1. The van der Waals surface area contributed by atoms with Crippen LogP contribution in [0.2, 0.25) is 0 Å². The van der Waals surface area contributed by atoms with Gasteiger partial charge in [-0.2, -0.15) is 0 Å². The minimum Gasteiger partial charge on any atom is -0.756 e. The zero-order valence-electron chi connectivity index (χ0n) is 26.9. The molecular formula is C34H58KO6P. The van der Waals surface area contributed by atoms with Crippen molar-refractivity contribution < 1.29 is 79.4 Å². The van der Waals surface area contributed by atoms with Gasteiger partial charge in [-0.3, -0.25) is 9.36 Å². The summed E-state index contributed by atoms with van der Waals surface area (Å²) in [5, 5.41) is 0. The van der Waals surface area contributed by atoms with Crippen molar-refractivity contribution >= 4 is 14.1 Å². The molecule has 0 radical (unpaired) electrons. The molecule has 0 N–H and O–H groups in total. The third kappa shape index (κ3) is 27.7. The second-order valence-electron chi connectivity index (χ2n) is 11.1. The average Bonchev–Trinajstić information content (AvgIpc) is 2.97. The van der Waals surface area contributed by atoms with Crippen molar-refractivity contribution in [3.63, 3.8) is 0 Å². The van der Waals surface area contributed by atoms with E-state index in [1.807, 2.05) is 12.1 Å². The largest absolute Gasteiger partial charge is 1.00 e. The topological polar surface area (TPSA) is 84.9 Å². The van der Waals surface area contributed by atoms with Gasteiger partial charge in [0, 0.05) is 5.56 Å². The number of rotatable bonds is 30. The molecule has 0 heterocycles. The molecule has 0 aromatic heterocycles. The fraction of sp³-hybridized carbons (Fsp3) is 0.735. The van der Waals surface area contributed by atoms with Gasteiger partial charge < -0.3 is 18.7 Å². The van der Waals surface area contributed by atoms with Crippen molar-refractivity contribution in [3.05, 3.63) is 42.0 Å². The third-order valence-corrected chi connectivity index (χ3v) is 8.23. The normalized spacial score (nSPS) is 12.7. The summed E-state index contributed by atoms with van der Waals surface area (Å²) in [6, 6.07) is 7.17. The van der Waals surface area contributed by atoms with Crippen LogP contribution in [-0.4, -0.2) is 26.1 Å². The summed E-state index contributed by atoms with van der Waals surface area (Å²) < 4.78 is 27.6. The molecule has 1 unspecified atom stereocenters. The summed E-state index contributed by atoms with van der Waals surface area (Å²) in [5.41, 5.74) is 0.656. The van der Waals surface area contributed by atoms with E-state index >= 15 is 0 Å². The van der Waals surface area contributed by atoms with Gasteiger partial charge in [-0.25, -0.2) is 0 Å². The number of hydrogen-bond acceptors (Lipinski definition) is 6. The van der Waals surface area contributed by atoms with Crippen LogP contribution in [0.3, 0.4) is 0 Å². The molecule has 1 aromatic rings. The minimum atomic E-state index is -4.17. The van der Waals surface area contributed by atoms with Crippen LogP contribution in [0.15, 0.2) is 36.4 Å². The van der Waals surface area contributed by atoms with E-state index in [4.69, 9.17) is 13.8 Å². The van der Waals surface area contributed by atoms with E-state index in [2.05, 4.69) is 19.1 Å². The first-order valence-corrected chi connectivity index (χ1v) is 18.0. The fourth-order valence-corrected chi connectivity index (χ4v) is 5.44. The molecule has 0 aliphatic carbocycles. The molecule has 8 heteroatoms. The Morgan fingerprint density at radius 3 is 1.48 bits per heavy atom. The van der Waals surface area contributed by atoms with Crippen LogP contribution in [0, 0.1) is 0 Å². The van der Waals surface area contributed by atoms with Crippen molar-refractivity contribution in [2.24, 2.45) is 0 Å². The molecule has 42 heavy (non-hydrogen) atoms. The van der Waals surface area contributed by atoms with Gasteiger partial charge in [0.15, 0.2) is 0 Å².